The highest BCUT2D eigenvalue weighted by Gasteiger charge is 2.37. The molecule has 1 aromatic heterocycles. The number of aryl methyl sites for hydroxylation is 2. The van der Waals surface area contributed by atoms with Gasteiger partial charge in [-0.2, -0.15) is 23.0 Å². The molecule has 0 radical (unpaired) electrons. The second-order valence-electron chi connectivity index (χ2n) is 9.80. The molecule has 0 unspecified atom stereocenters. The Morgan fingerprint density at radius 3 is 2.32 bits per heavy atom. The first-order chi connectivity index (χ1) is 17.5. The molecule has 37 heavy (non-hydrogen) atoms. The number of benzene rings is 2. The molecule has 0 atom stereocenters. The number of nitrogens with zero attached hydrogens (tertiary/aromatic N) is 4. The predicted molar refractivity (Wildman–Crippen MR) is 136 cm³/mol. The Kier molecular flexibility index (Phi) is 6.21. The summed E-state index contributed by atoms with van der Waals surface area (Å²) < 4.78 is 43.4. The summed E-state index contributed by atoms with van der Waals surface area (Å²) in [6.07, 6.45) is -2.38. The minimum atomic E-state index is -4.70. The Morgan fingerprint density at radius 2 is 1.70 bits per heavy atom. The number of rotatable bonds is 5. The molecule has 194 valence electrons. The topological polar surface area (TPSA) is 84.5 Å². The van der Waals surface area contributed by atoms with Crippen molar-refractivity contribution in [3.63, 3.8) is 0 Å². The van der Waals surface area contributed by atoms with E-state index in [1.54, 1.807) is 4.90 Å². The lowest BCUT2D eigenvalue weighted by molar-refractivity contribution is -0.137. The number of carbonyl (C=O) groups excluding carboxylic acids is 1. The van der Waals surface area contributed by atoms with Crippen LogP contribution in [0.5, 0.6) is 0 Å². The molecule has 0 saturated carbocycles. The van der Waals surface area contributed by atoms with Crippen molar-refractivity contribution in [2.75, 3.05) is 36.0 Å². The first-order valence-corrected chi connectivity index (χ1v) is 12.3. The van der Waals surface area contributed by atoms with Crippen molar-refractivity contribution in [2.24, 2.45) is 5.73 Å². The molecule has 2 aliphatic rings. The number of alkyl halides is 3. The maximum absolute atomic E-state index is 14.2. The third-order valence-electron chi connectivity index (χ3n) is 6.94. The van der Waals surface area contributed by atoms with E-state index in [1.165, 1.54) is 12.1 Å². The number of hydrogen-bond acceptors (Lipinski definition) is 5. The van der Waals surface area contributed by atoms with Crippen molar-refractivity contribution in [3.05, 3.63) is 69.0 Å². The summed E-state index contributed by atoms with van der Waals surface area (Å²) >= 11 is 0. The van der Waals surface area contributed by atoms with Gasteiger partial charge in [-0.25, -0.2) is 0 Å². The number of fused-ring (bicyclic) bond motifs is 1. The van der Waals surface area contributed by atoms with Crippen LogP contribution >= 0.6 is 0 Å². The normalized spacial score (nSPS) is 15.4. The van der Waals surface area contributed by atoms with E-state index in [1.807, 2.05) is 36.9 Å². The lowest BCUT2D eigenvalue weighted by atomic mass is 10.0. The maximum atomic E-state index is 14.2. The van der Waals surface area contributed by atoms with Crippen LogP contribution in [-0.4, -0.2) is 41.9 Å². The SMILES string of the molecule is Cc1cc(C)cc(-c2nn(-c3cc(N4CCCC4)ccc3C(F)(F)F)c(=O)c3c2CCN3CC(N)=O)c1. The van der Waals surface area contributed by atoms with Gasteiger partial charge in [0, 0.05) is 36.4 Å². The first kappa shape index (κ1) is 24.9. The molecule has 1 saturated heterocycles. The summed E-state index contributed by atoms with van der Waals surface area (Å²) in [5, 5.41) is 4.56. The van der Waals surface area contributed by atoms with E-state index in [2.05, 4.69) is 5.10 Å². The molecule has 0 aliphatic carbocycles. The van der Waals surface area contributed by atoms with E-state index in [9.17, 15) is 22.8 Å². The van der Waals surface area contributed by atoms with E-state index < -0.39 is 23.2 Å². The third kappa shape index (κ3) is 4.68. The lowest BCUT2D eigenvalue weighted by Gasteiger charge is -2.23. The average molecular weight is 512 g/mol. The predicted octanol–water partition coefficient (Wildman–Crippen LogP) is 3.98. The van der Waals surface area contributed by atoms with Gasteiger partial charge in [0.05, 0.1) is 23.5 Å². The molecule has 10 heteroatoms. The monoisotopic (exact) mass is 511 g/mol. The summed E-state index contributed by atoms with van der Waals surface area (Å²) in [5.74, 6) is -0.629. The van der Waals surface area contributed by atoms with Crippen molar-refractivity contribution >= 4 is 17.3 Å². The Morgan fingerprint density at radius 1 is 1.03 bits per heavy atom. The second kappa shape index (κ2) is 9.24. The number of amides is 1. The van der Waals surface area contributed by atoms with Crippen LogP contribution in [-0.2, 0) is 17.4 Å². The smallest absolute Gasteiger partial charge is 0.371 e. The van der Waals surface area contributed by atoms with E-state index in [0.717, 1.165) is 47.8 Å². The van der Waals surface area contributed by atoms with E-state index >= 15 is 0 Å². The van der Waals surface area contributed by atoms with Gasteiger partial charge in [0.15, 0.2) is 0 Å². The summed E-state index contributed by atoms with van der Waals surface area (Å²) in [5.41, 5.74) is 7.88. The van der Waals surface area contributed by atoms with Crippen LogP contribution in [0.15, 0.2) is 41.2 Å². The van der Waals surface area contributed by atoms with Crippen LogP contribution in [0.3, 0.4) is 0 Å². The molecule has 2 aliphatic heterocycles. The van der Waals surface area contributed by atoms with Gasteiger partial charge >= 0.3 is 6.18 Å². The second-order valence-corrected chi connectivity index (χ2v) is 9.80. The minimum Gasteiger partial charge on any atom is -0.371 e. The first-order valence-electron chi connectivity index (χ1n) is 12.3. The number of halogens is 3. The molecule has 2 N–H and O–H groups in total. The van der Waals surface area contributed by atoms with E-state index in [-0.39, 0.29) is 17.9 Å². The van der Waals surface area contributed by atoms with Crippen LogP contribution in [0, 0.1) is 13.8 Å². The standard InChI is InChI=1S/C27H28F3N5O2/c1-16-11-17(2)13-18(12-16)24-20-7-10-34(15-23(31)36)25(20)26(37)35(32-24)22-14-19(33-8-3-4-9-33)5-6-21(22)27(28,29)30/h5-6,11-14H,3-4,7-10,15H2,1-2H3,(H2,31,36). The molecular formula is C27H28F3N5O2. The van der Waals surface area contributed by atoms with Gasteiger partial charge in [0.2, 0.25) is 5.91 Å². The Bertz CT molecular complexity index is 1420. The Balaban J connectivity index is 1.81. The molecule has 1 amide bonds. The van der Waals surface area contributed by atoms with Gasteiger partial charge in [-0.05, 0) is 63.4 Å². The van der Waals surface area contributed by atoms with Gasteiger partial charge in [0.1, 0.15) is 5.69 Å². The van der Waals surface area contributed by atoms with E-state index in [0.29, 0.717) is 35.5 Å². The zero-order valence-electron chi connectivity index (χ0n) is 20.7. The maximum Gasteiger partial charge on any atom is 0.418 e. The quantitative estimate of drug-likeness (QED) is 0.560. The van der Waals surface area contributed by atoms with Crippen LogP contribution in [0.1, 0.15) is 35.1 Å². The number of aromatic nitrogens is 2. The highest BCUT2D eigenvalue weighted by atomic mass is 19.4. The molecule has 2 aromatic carbocycles. The zero-order valence-corrected chi connectivity index (χ0v) is 20.7. The van der Waals surface area contributed by atoms with Gasteiger partial charge in [0.25, 0.3) is 5.56 Å². The molecule has 0 spiro atoms. The summed E-state index contributed by atoms with van der Waals surface area (Å²) in [4.78, 5) is 29.1. The van der Waals surface area contributed by atoms with Gasteiger partial charge in [-0.15, -0.1) is 0 Å². The summed E-state index contributed by atoms with van der Waals surface area (Å²) in [6.45, 7) is 5.45. The molecule has 5 rings (SSSR count). The van der Waals surface area contributed by atoms with Crippen LogP contribution < -0.4 is 21.1 Å². The van der Waals surface area contributed by atoms with E-state index in [4.69, 9.17) is 5.73 Å². The highest BCUT2D eigenvalue weighted by molar-refractivity contribution is 5.82. The van der Waals surface area contributed by atoms with Crippen molar-refractivity contribution in [1.82, 2.24) is 9.78 Å². The largest absolute Gasteiger partial charge is 0.418 e. The highest BCUT2D eigenvalue weighted by Crippen LogP contribution is 2.38. The summed E-state index contributed by atoms with van der Waals surface area (Å²) in [6, 6.07) is 9.63. The average Bonchev–Trinajstić information content (AvgIpc) is 3.48. The van der Waals surface area contributed by atoms with Crippen molar-refractivity contribution in [2.45, 2.75) is 39.3 Å². The fourth-order valence-corrected chi connectivity index (χ4v) is 5.43. The summed E-state index contributed by atoms with van der Waals surface area (Å²) in [7, 11) is 0. The number of nitrogens with two attached hydrogens (primary N) is 1. The number of anilines is 2. The van der Waals surface area contributed by atoms with Crippen molar-refractivity contribution in [3.8, 4) is 16.9 Å². The minimum absolute atomic E-state index is 0.169. The van der Waals surface area contributed by atoms with Crippen LogP contribution in [0.4, 0.5) is 24.5 Å². The van der Waals surface area contributed by atoms with Gasteiger partial charge in [-0.1, -0.05) is 17.2 Å². The number of hydrogen-bond donors (Lipinski definition) is 1. The fourth-order valence-electron chi connectivity index (χ4n) is 5.43. The molecule has 1 fully saturated rings. The molecule has 3 aromatic rings. The molecule has 0 bridgehead atoms. The van der Waals surface area contributed by atoms with Crippen molar-refractivity contribution < 1.29 is 18.0 Å². The van der Waals surface area contributed by atoms with Crippen molar-refractivity contribution in [1.29, 1.82) is 0 Å². The molecular weight excluding hydrogens is 483 g/mol. The number of carbonyl (C=O) groups is 1. The van der Waals surface area contributed by atoms with Gasteiger partial charge < -0.3 is 15.5 Å². The Labute approximate surface area is 212 Å². The zero-order chi connectivity index (χ0) is 26.5. The van der Waals surface area contributed by atoms with Crippen LogP contribution in [0.2, 0.25) is 0 Å². The lowest BCUT2D eigenvalue weighted by Crippen LogP contribution is -2.37. The van der Waals surface area contributed by atoms with Crippen LogP contribution in [0.25, 0.3) is 16.9 Å². The fraction of sp³-hybridized carbons (Fsp3) is 0.370. The third-order valence-corrected chi connectivity index (χ3v) is 6.94. The van der Waals surface area contributed by atoms with Gasteiger partial charge in [-0.3, -0.25) is 9.59 Å². The molecule has 7 nitrogen and oxygen atoms in total. The molecule has 3 heterocycles. The number of primary amides is 1. The Hall–Kier alpha value is -3.82.